The van der Waals surface area contributed by atoms with Gasteiger partial charge in [0, 0.05) is 16.6 Å². The lowest BCUT2D eigenvalue weighted by Gasteiger charge is -2.08. The van der Waals surface area contributed by atoms with Crippen molar-refractivity contribution >= 4 is 39.8 Å². The molecule has 3 aromatic carbocycles. The quantitative estimate of drug-likeness (QED) is 0.425. The Hall–Kier alpha value is -3.71. The van der Waals surface area contributed by atoms with Crippen molar-refractivity contribution < 1.29 is 4.79 Å². The maximum atomic E-state index is 12.5. The Morgan fingerprint density at radius 3 is 2.57 bits per heavy atom. The summed E-state index contributed by atoms with van der Waals surface area (Å²) in [5, 5.41) is 18.9. The van der Waals surface area contributed by atoms with Crippen molar-refractivity contribution in [2.45, 2.75) is 5.03 Å². The van der Waals surface area contributed by atoms with Crippen LogP contribution in [0.1, 0.15) is 0 Å². The van der Waals surface area contributed by atoms with Gasteiger partial charge in [0.25, 0.3) is 0 Å². The molecule has 0 unspecified atom stereocenters. The molecule has 0 atom stereocenters. The van der Waals surface area contributed by atoms with Crippen LogP contribution in [0.4, 0.5) is 5.69 Å². The Balaban J connectivity index is 1.33. The Labute approximate surface area is 177 Å². The zero-order valence-electron chi connectivity index (χ0n) is 15.9. The molecule has 146 valence electrons. The number of rotatable bonds is 5. The van der Waals surface area contributed by atoms with Gasteiger partial charge >= 0.3 is 0 Å². The molecule has 7 heteroatoms. The molecule has 0 radical (unpaired) electrons. The van der Waals surface area contributed by atoms with E-state index in [-0.39, 0.29) is 11.7 Å². The van der Waals surface area contributed by atoms with E-state index in [0.717, 1.165) is 27.0 Å². The predicted octanol–water partition coefficient (Wildman–Crippen LogP) is 4.68. The first-order valence-electron chi connectivity index (χ1n) is 9.46. The van der Waals surface area contributed by atoms with Crippen LogP contribution >= 0.6 is 11.8 Å². The lowest BCUT2D eigenvalue weighted by atomic mass is 10.1. The van der Waals surface area contributed by atoms with Crippen LogP contribution in [0.2, 0.25) is 0 Å². The molecular formula is C23H17N5OS. The van der Waals surface area contributed by atoms with E-state index in [1.54, 1.807) is 4.52 Å². The standard InChI is InChI=1S/C23H17N5OS/c29-21(24-19-12-6-10-16-7-4-5-11-18(16)19)15-30-22-14-13-20-25-26-23(28(20)27-22)17-8-2-1-3-9-17/h1-14H,15H2,(H,24,29). The zero-order chi connectivity index (χ0) is 20.3. The molecular weight excluding hydrogens is 394 g/mol. The molecule has 0 spiro atoms. The van der Waals surface area contributed by atoms with Crippen LogP contribution in [0, 0.1) is 0 Å². The molecule has 2 aromatic heterocycles. The molecule has 30 heavy (non-hydrogen) atoms. The first-order chi connectivity index (χ1) is 14.8. The number of nitrogens with one attached hydrogen (secondary N) is 1. The highest BCUT2D eigenvalue weighted by Crippen LogP contribution is 2.24. The summed E-state index contributed by atoms with van der Waals surface area (Å²) in [5.74, 6) is 0.850. The van der Waals surface area contributed by atoms with Crippen molar-refractivity contribution in [1.82, 2.24) is 19.8 Å². The van der Waals surface area contributed by atoms with E-state index in [0.29, 0.717) is 11.5 Å². The third-order valence-corrected chi connectivity index (χ3v) is 5.61. The second kappa shape index (κ2) is 7.96. The first kappa shape index (κ1) is 18.3. The number of amides is 1. The van der Waals surface area contributed by atoms with Gasteiger partial charge in [0.05, 0.1) is 5.75 Å². The summed E-state index contributed by atoms with van der Waals surface area (Å²) in [6, 6.07) is 27.4. The van der Waals surface area contributed by atoms with E-state index in [4.69, 9.17) is 0 Å². The molecule has 0 saturated carbocycles. The fourth-order valence-corrected chi connectivity index (χ4v) is 3.93. The molecule has 0 fully saturated rings. The second-order valence-electron chi connectivity index (χ2n) is 6.69. The van der Waals surface area contributed by atoms with E-state index in [1.165, 1.54) is 11.8 Å². The highest BCUT2D eigenvalue weighted by molar-refractivity contribution is 7.99. The largest absolute Gasteiger partial charge is 0.325 e. The predicted molar refractivity (Wildman–Crippen MR) is 120 cm³/mol. The van der Waals surface area contributed by atoms with Gasteiger partial charge in [-0.1, -0.05) is 78.5 Å². The average molecular weight is 411 g/mol. The molecule has 1 N–H and O–H groups in total. The first-order valence-corrected chi connectivity index (χ1v) is 10.4. The number of aromatic nitrogens is 4. The van der Waals surface area contributed by atoms with Gasteiger partial charge in [-0.2, -0.15) is 9.61 Å². The summed E-state index contributed by atoms with van der Waals surface area (Å²) in [5.41, 5.74) is 2.42. The lowest BCUT2D eigenvalue weighted by Crippen LogP contribution is -2.14. The van der Waals surface area contributed by atoms with Crippen LogP contribution in [-0.2, 0) is 4.79 Å². The third kappa shape index (κ3) is 3.62. The van der Waals surface area contributed by atoms with Gasteiger partial charge in [-0.05, 0) is 23.6 Å². The van der Waals surface area contributed by atoms with E-state index < -0.39 is 0 Å². The zero-order valence-corrected chi connectivity index (χ0v) is 16.7. The van der Waals surface area contributed by atoms with Gasteiger partial charge in [0.2, 0.25) is 5.91 Å². The summed E-state index contributed by atoms with van der Waals surface area (Å²) in [4.78, 5) is 12.5. The number of nitrogens with zero attached hydrogens (tertiary/aromatic N) is 4. The molecule has 0 saturated heterocycles. The Bertz CT molecular complexity index is 1340. The number of carbonyl (C=O) groups excluding carboxylic acids is 1. The van der Waals surface area contributed by atoms with Crippen molar-refractivity contribution in [3.63, 3.8) is 0 Å². The van der Waals surface area contributed by atoms with Crippen LogP contribution in [-0.4, -0.2) is 31.5 Å². The molecule has 1 amide bonds. The van der Waals surface area contributed by atoms with Gasteiger partial charge in [0.15, 0.2) is 11.5 Å². The summed E-state index contributed by atoms with van der Waals surface area (Å²) in [6.45, 7) is 0. The van der Waals surface area contributed by atoms with E-state index in [2.05, 4.69) is 20.6 Å². The number of carbonyl (C=O) groups is 1. The van der Waals surface area contributed by atoms with Crippen molar-refractivity contribution in [2.24, 2.45) is 0 Å². The number of hydrogen-bond donors (Lipinski definition) is 1. The fraction of sp³-hybridized carbons (Fsp3) is 0.0435. The summed E-state index contributed by atoms with van der Waals surface area (Å²) < 4.78 is 1.71. The summed E-state index contributed by atoms with van der Waals surface area (Å²) >= 11 is 1.38. The minimum Gasteiger partial charge on any atom is -0.325 e. The minimum atomic E-state index is -0.0784. The monoisotopic (exact) mass is 411 g/mol. The average Bonchev–Trinajstić information content (AvgIpc) is 3.22. The minimum absolute atomic E-state index is 0.0784. The highest BCUT2D eigenvalue weighted by Gasteiger charge is 2.11. The normalized spacial score (nSPS) is 11.1. The van der Waals surface area contributed by atoms with E-state index in [1.807, 2.05) is 84.9 Å². The van der Waals surface area contributed by atoms with Gasteiger partial charge < -0.3 is 5.32 Å². The number of thioether (sulfide) groups is 1. The van der Waals surface area contributed by atoms with E-state index >= 15 is 0 Å². The second-order valence-corrected chi connectivity index (χ2v) is 7.69. The number of hydrogen-bond acceptors (Lipinski definition) is 5. The molecule has 5 aromatic rings. The van der Waals surface area contributed by atoms with Gasteiger partial charge in [-0.3, -0.25) is 4.79 Å². The molecule has 0 aliphatic carbocycles. The van der Waals surface area contributed by atoms with Crippen LogP contribution in [0.5, 0.6) is 0 Å². The summed E-state index contributed by atoms with van der Waals surface area (Å²) in [7, 11) is 0. The Morgan fingerprint density at radius 1 is 0.867 bits per heavy atom. The van der Waals surface area contributed by atoms with E-state index in [9.17, 15) is 4.79 Å². The molecule has 2 heterocycles. The number of fused-ring (bicyclic) bond motifs is 2. The molecule has 0 aliphatic heterocycles. The van der Waals surface area contributed by atoms with Crippen LogP contribution in [0.25, 0.3) is 27.8 Å². The van der Waals surface area contributed by atoms with Crippen molar-refractivity contribution in [3.05, 3.63) is 84.9 Å². The molecule has 5 rings (SSSR count). The van der Waals surface area contributed by atoms with Crippen LogP contribution < -0.4 is 5.32 Å². The topological polar surface area (TPSA) is 72.2 Å². The van der Waals surface area contributed by atoms with Gasteiger partial charge in [-0.25, -0.2) is 0 Å². The van der Waals surface area contributed by atoms with Crippen LogP contribution in [0.3, 0.4) is 0 Å². The maximum absolute atomic E-state index is 12.5. The maximum Gasteiger partial charge on any atom is 0.234 e. The van der Waals surface area contributed by atoms with Crippen molar-refractivity contribution in [2.75, 3.05) is 11.1 Å². The van der Waals surface area contributed by atoms with Gasteiger partial charge in [-0.15, -0.1) is 10.2 Å². The van der Waals surface area contributed by atoms with Crippen molar-refractivity contribution in [3.8, 4) is 11.4 Å². The molecule has 0 aliphatic rings. The fourth-order valence-electron chi connectivity index (χ4n) is 3.28. The molecule has 0 bridgehead atoms. The van der Waals surface area contributed by atoms with Crippen LogP contribution in [0.15, 0.2) is 90.0 Å². The summed E-state index contributed by atoms with van der Waals surface area (Å²) in [6.07, 6.45) is 0. The smallest absolute Gasteiger partial charge is 0.234 e. The number of anilines is 1. The SMILES string of the molecule is O=C(CSc1ccc2nnc(-c3ccccc3)n2n1)Nc1cccc2ccccc12. The highest BCUT2D eigenvalue weighted by atomic mass is 32.2. The Morgan fingerprint density at radius 2 is 1.67 bits per heavy atom. The number of benzene rings is 3. The van der Waals surface area contributed by atoms with Crippen molar-refractivity contribution in [1.29, 1.82) is 0 Å². The Kier molecular flexibility index (Phi) is 4.86. The lowest BCUT2D eigenvalue weighted by molar-refractivity contribution is -0.113. The van der Waals surface area contributed by atoms with Gasteiger partial charge in [0.1, 0.15) is 5.03 Å². The third-order valence-electron chi connectivity index (χ3n) is 4.69. The molecule has 6 nitrogen and oxygen atoms in total.